The Morgan fingerprint density at radius 3 is 2.52 bits per heavy atom. The van der Waals surface area contributed by atoms with Crippen LogP contribution in [-0.4, -0.2) is 37.4 Å². The van der Waals surface area contributed by atoms with Gasteiger partial charge in [-0.15, -0.1) is 0 Å². The molecule has 0 aliphatic carbocycles. The Hall–Kier alpha value is -3.12. The van der Waals surface area contributed by atoms with Crippen molar-refractivity contribution in [2.75, 3.05) is 31.2 Å². The van der Waals surface area contributed by atoms with Crippen molar-refractivity contribution < 1.29 is 14.1 Å². The van der Waals surface area contributed by atoms with E-state index in [1.807, 2.05) is 60.7 Å². The Bertz CT molecular complexity index is 885. The van der Waals surface area contributed by atoms with Crippen molar-refractivity contribution in [3.8, 4) is 11.3 Å². The second-order valence-electron chi connectivity index (χ2n) is 6.37. The summed E-state index contributed by atoms with van der Waals surface area (Å²) in [5.41, 5.74) is 3.47. The minimum Gasteiger partial charge on any atom is -0.378 e. The molecule has 6 nitrogen and oxygen atoms in total. The molecule has 2 aromatic carbocycles. The summed E-state index contributed by atoms with van der Waals surface area (Å²) in [5.74, 6) is 0.480. The number of hydrogen-bond donors (Lipinski definition) is 1. The maximum absolute atomic E-state index is 12.4. The van der Waals surface area contributed by atoms with Crippen LogP contribution < -0.4 is 10.2 Å². The fourth-order valence-electron chi connectivity index (χ4n) is 3.06. The van der Waals surface area contributed by atoms with Crippen molar-refractivity contribution in [1.29, 1.82) is 0 Å². The number of anilines is 1. The van der Waals surface area contributed by atoms with Gasteiger partial charge in [0.2, 0.25) is 0 Å². The van der Waals surface area contributed by atoms with E-state index in [1.165, 1.54) is 0 Å². The Kier molecular flexibility index (Phi) is 5.16. The number of nitrogens with one attached hydrogen (secondary N) is 1. The minimum atomic E-state index is -0.138. The molecule has 3 aromatic rings. The number of amides is 1. The molecule has 1 aliphatic heterocycles. The van der Waals surface area contributed by atoms with Crippen molar-refractivity contribution >= 4 is 11.6 Å². The van der Waals surface area contributed by atoms with Gasteiger partial charge < -0.3 is 19.5 Å². The predicted molar refractivity (Wildman–Crippen MR) is 103 cm³/mol. The summed E-state index contributed by atoms with van der Waals surface area (Å²) in [6.45, 7) is 3.53. The van der Waals surface area contributed by atoms with Gasteiger partial charge in [0.05, 0.1) is 19.8 Å². The lowest BCUT2D eigenvalue weighted by Gasteiger charge is -2.28. The van der Waals surface area contributed by atoms with Crippen LogP contribution in [0.3, 0.4) is 0 Å². The molecule has 0 atom stereocenters. The fourth-order valence-corrected chi connectivity index (χ4v) is 3.06. The van der Waals surface area contributed by atoms with E-state index in [0.29, 0.717) is 17.9 Å². The van der Waals surface area contributed by atoms with Crippen molar-refractivity contribution in [1.82, 2.24) is 10.5 Å². The van der Waals surface area contributed by atoms with Crippen molar-refractivity contribution in [2.45, 2.75) is 6.54 Å². The summed E-state index contributed by atoms with van der Waals surface area (Å²) >= 11 is 0. The van der Waals surface area contributed by atoms with Crippen LogP contribution in [0.5, 0.6) is 0 Å². The molecular weight excluding hydrogens is 342 g/mol. The van der Waals surface area contributed by atoms with Crippen molar-refractivity contribution in [3.05, 3.63) is 72.0 Å². The van der Waals surface area contributed by atoms with Gasteiger partial charge in [-0.1, -0.05) is 35.5 Å². The molecule has 0 radical (unpaired) electrons. The number of benzene rings is 2. The molecule has 0 saturated carbocycles. The molecule has 1 aliphatic rings. The highest BCUT2D eigenvalue weighted by Gasteiger charge is 2.13. The minimum absolute atomic E-state index is 0.138. The summed E-state index contributed by atoms with van der Waals surface area (Å²) in [4.78, 5) is 14.6. The number of carbonyl (C=O) groups excluding carboxylic acids is 1. The topological polar surface area (TPSA) is 67.6 Å². The summed E-state index contributed by atoms with van der Waals surface area (Å²) in [6.07, 6.45) is 0. The summed E-state index contributed by atoms with van der Waals surface area (Å²) < 4.78 is 10.7. The molecule has 2 heterocycles. The largest absolute Gasteiger partial charge is 0.378 e. The molecule has 138 valence electrons. The lowest BCUT2D eigenvalue weighted by Crippen LogP contribution is -2.36. The van der Waals surface area contributed by atoms with E-state index >= 15 is 0 Å². The first-order chi connectivity index (χ1) is 13.3. The van der Waals surface area contributed by atoms with Crippen molar-refractivity contribution in [3.63, 3.8) is 0 Å². The molecule has 1 amide bonds. The summed E-state index contributed by atoms with van der Waals surface area (Å²) in [5, 5.41) is 6.93. The van der Waals surface area contributed by atoms with Gasteiger partial charge in [-0.2, -0.15) is 0 Å². The van der Waals surface area contributed by atoms with E-state index in [0.717, 1.165) is 43.2 Å². The quantitative estimate of drug-likeness (QED) is 0.754. The van der Waals surface area contributed by atoms with Gasteiger partial charge in [-0.3, -0.25) is 4.79 Å². The highest BCUT2D eigenvalue weighted by Crippen LogP contribution is 2.19. The van der Waals surface area contributed by atoms with E-state index in [4.69, 9.17) is 9.26 Å². The maximum Gasteiger partial charge on any atom is 0.251 e. The van der Waals surface area contributed by atoms with Crippen LogP contribution in [0, 0.1) is 0 Å². The van der Waals surface area contributed by atoms with Crippen LogP contribution in [0.15, 0.2) is 65.2 Å². The van der Waals surface area contributed by atoms with E-state index < -0.39 is 0 Å². The third kappa shape index (κ3) is 4.17. The van der Waals surface area contributed by atoms with Crippen LogP contribution in [0.25, 0.3) is 11.3 Å². The third-order valence-corrected chi connectivity index (χ3v) is 4.56. The zero-order valence-corrected chi connectivity index (χ0v) is 14.9. The van der Waals surface area contributed by atoms with Gasteiger partial charge in [-0.25, -0.2) is 0 Å². The fraction of sp³-hybridized carbons (Fsp3) is 0.238. The summed E-state index contributed by atoms with van der Waals surface area (Å²) in [7, 11) is 0. The molecule has 1 saturated heterocycles. The first-order valence-corrected chi connectivity index (χ1v) is 9.01. The van der Waals surface area contributed by atoms with Crippen LogP contribution in [0.4, 0.5) is 5.69 Å². The standard InChI is InChI=1S/C21H21N3O3/c25-21(17-6-8-18(9-7-17)24-10-12-26-13-11-24)22-15-19-14-20(23-27-19)16-4-2-1-3-5-16/h1-9,14H,10-13,15H2,(H,22,25). The number of carbonyl (C=O) groups is 1. The van der Waals surface area contributed by atoms with Gasteiger partial charge in [0.15, 0.2) is 5.76 Å². The molecule has 4 rings (SSSR count). The first-order valence-electron chi connectivity index (χ1n) is 9.01. The number of aromatic nitrogens is 1. The molecule has 1 aromatic heterocycles. The third-order valence-electron chi connectivity index (χ3n) is 4.56. The average Bonchev–Trinajstić information content (AvgIpc) is 3.22. The molecule has 0 unspecified atom stereocenters. The van der Waals surface area contributed by atoms with Crippen molar-refractivity contribution in [2.24, 2.45) is 0 Å². The molecule has 1 fully saturated rings. The normalized spacial score (nSPS) is 14.1. The Balaban J connectivity index is 1.35. The predicted octanol–water partition coefficient (Wildman–Crippen LogP) is 3.11. The van der Waals surface area contributed by atoms with Crippen LogP contribution >= 0.6 is 0 Å². The monoisotopic (exact) mass is 363 g/mol. The smallest absolute Gasteiger partial charge is 0.251 e. The molecule has 27 heavy (non-hydrogen) atoms. The number of morpholine rings is 1. The number of rotatable bonds is 5. The van der Waals surface area contributed by atoms with Crippen LogP contribution in [0.2, 0.25) is 0 Å². The zero-order chi connectivity index (χ0) is 18.5. The Labute approximate surface area is 157 Å². The number of hydrogen-bond acceptors (Lipinski definition) is 5. The highest BCUT2D eigenvalue weighted by molar-refractivity contribution is 5.94. The Morgan fingerprint density at radius 1 is 1.04 bits per heavy atom. The van der Waals surface area contributed by atoms with Gasteiger partial charge >= 0.3 is 0 Å². The average molecular weight is 363 g/mol. The molecule has 0 bridgehead atoms. The molecular formula is C21H21N3O3. The second kappa shape index (κ2) is 8.05. The number of ether oxygens (including phenoxy) is 1. The summed E-state index contributed by atoms with van der Waals surface area (Å²) in [6, 6.07) is 19.3. The lowest BCUT2D eigenvalue weighted by atomic mass is 10.1. The highest BCUT2D eigenvalue weighted by atomic mass is 16.5. The second-order valence-corrected chi connectivity index (χ2v) is 6.37. The van der Waals surface area contributed by atoms with Gasteiger partial charge in [0.25, 0.3) is 5.91 Å². The molecule has 0 spiro atoms. The van der Waals surface area contributed by atoms with E-state index in [-0.39, 0.29) is 5.91 Å². The van der Waals surface area contributed by atoms with Gasteiger partial charge in [0, 0.05) is 36.0 Å². The lowest BCUT2D eigenvalue weighted by molar-refractivity contribution is 0.0947. The van der Waals surface area contributed by atoms with E-state index in [9.17, 15) is 4.79 Å². The SMILES string of the molecule is O=C(NCc1cc(-c2ccccc2)no1)c1ccc(N2CCOCC2)cc1. The van der Waals surface area contributed by atoms with E-state index in [2.05, 4.69) is 15.4 Å². The molecule has 6 heteroatoms. The zero-order valence-electron chi connectivity index (χ0n) is 14.9. The molecule has 1 N–H and O–H groups in total. The first kappa shape index (κ1) is 17.3. The number of nitrogens with zero attached hydrogens (tertiary/aromatic N) is 2. The van der Waals surface area contributed by atoms with Crippen LogP contribution in [0.1, 0.15) is 16.1 Å². The maximum atomic E-state index is 12.4. The Morgan fingerprint density at radius 2 is 1.78 bits per heavy atom. The van der Waals surface area contributed by atoms with Gasteiger partial charge in [-0.05, 0) is 24.3 Å². The van der Waals surface area contributed by atoms with Crippen LogP contribution in [-0.2, 0) is 11.3 Å². The van der Waals surface area contributed by atoms with Gasteiger partial charge in [0.1, 0.15) is 5.69 Å². The van der Waals surface area contributed by atoms with E-state index in [1.54, 1.807) is 0 Å².